The summed E-state index contributed by atoms with van der Waals surface area (Å²) in [7, 11) is 1.57. The van der Waals surface area contributed by atoms with Gasteiger partial charge in [0.1, 0.15) is 5.75 Å². The summed E-state index contributed by atoms with van der Waals surface area (Å²) in [4.78, 5) is 11.1. The Balaban J connectivity index is 2.60. The van der Waals surface area contributed by atoms with Crippen LogP contribution in [-0.4, -0.2) is 19.7 Å². The second-order valence-electron chi connectivity index (χ2n) is 3.31. The number of esters is 1. The van der Waals surface area contributed by atoms with Crippen molar-refractivity contribution in [3.8, 4) is 5.75 Å². The van der Waals surface area contributed by atoms with Crippen LogP contribution >= 0.6 is 11.6 Å². The fraction of sp³-hybridized carbons (Fsp3) is 0.308. The molecule has 4 heteroatoms. The van der Waals surface area contributed by atoms with Gasteiger partial charge < -0.3 is 9.47 Å². The number of benzene rings is 1. The number of halogens is 1. The predicted octanol–water partition coefficient (Wildman–Crippen LogP) is 3.32. The van der Waals surface area contributed by atoms with E-state index in [2.05, 4.69) is 0 Å². The Morgan fingerprint density at radius 3 is 2.82 bits per heavy atom. The van der Waals surface area contributed by atoms with E-state index in [9.17, 15) is 4.79 Å². The molecule has 0 bridgehead atoms. The first-order valence-corrected chi connectivity index (χ1v) is 5.71. The van der Waals surface area contributed by atoms with Crippen LogP contribution in [0.2, 0.25) is 5.02 Å². The number of carbonyl (C=O) groups excluding carboxylic acids is 1. The van der Waals surface area contributed by atoms with Crippen molar-refractivity contribution in [1.82, 2.24) is 0 Å². The van der Waals surface area contributed by atoms with Gasteiger partial charge in [-0.15, -0.1) is 0 Å². The summed E-state index contributed by atoms with van der Waals surface area (Å²) in [5.74, 6) is 0.401. The molecule has 0 atom stereocenters. The minimum Gasteiger partial charge on any atom is -0.495 e. The van der Waals surface area contributed by atoms with Gasteiger partial charge in [0.15, 0.2) is 0 Å². The normalized spacial score (nSPS) is 10.5. The van der Waals surface area contributed by atoms with E-state index in [1.807, 2.05) is 12.1 Å². The fourth-order valence-corrected chi connectivity index (χ4v) is 1.56. The highest BCUT2D eigenvalue weighted by atomic mass is 35.5. The van der Waals surface area contributed by atoms with Gasteiger partial charge in [0.05, 0.1) is 25.2 Å². The van der Waals surface area contributed by atoms with Crippen LogP contribution in [0, 0.1) is 0 Å². The van der Waals surface area contributed by atoms with Crippen molar-refractivity contribution in [2.45, 2.75) is 13.3 Å². The standard InChI is InChI=1S/C13H15ClO3/c1-3-17-13(15)6-4-5-10-7-8-12(16-2)11(14)9-10/h4-5,7-9H,3,6H2,1-2H3. The highest BCUT2D eigenvalue weighted by Gasteiger charge is 2.00. The number of hydrogen-bond acceptors (Lipinski definition) is 3. The maximum Gasteiger partial charge on any atom is 0.309 e. The van der Waals surface area contributed by atoms with E-state index in [1.165, 1.54) is 0 Å². The lowest BCUT2D eigenvalue weighted by Crippen LogP contribution is -2.01. The Morgan fingerprint density at radius 1 is 1.47 bits per heavy atom. The minimum absolute atomic E-state index is 0.233. The van der Waals surface area contributed by atoms with Crippen molar-refractivity contribution < 1.29 is 14.3 Å². The Labute approximate surface area is 106 Å². The van der Waals surface area contributed by atoms with Gasteiger partial charge in [-0.2, -0.15) is 0 Å². The van der Waals surface area contributed by atoms with Gasteiger partial charge in [0, 0.05) is 0 Å². The molecule has 0 fully saturated rings. The molecule has 3 nitrogen and oxygen atoms in total. The molecular weight excluding hydrogens is 240 g/mol. The van der Waals surface area contributed by atoms with Crippen molar-refractivity contribution in [2.24, 2.45) is 0 Å². The van der Waals surface area contributed by atoms with E-state index in [1.54, 1.807) is 32.2 Å². The lowest BCUT2D eigenvalue weighted by atomic mass is 10.2. The topological polar surface area (TPSA) is 35.5 Å². The molecule has 1 aromatic carbocycles. The Hall–Kier alpha value is -1.48. The molecule has 1 rings (SSSR count). The Bertz CT molecular complexity index is 413. The monoisotopic (exact) mass is 254 g/mol. The predicted molar refractivity (Wildman–Crippen MR) is 68.3 cm³/mol. The first kappa shape index (κ1) is 13.6. The molecule has 0 saturated carbocycles. The molecule has 0 radical (unpaired) electrons. The number of carbonyl (C=O) groups is 1. The summed E-state index contributed by atoms with van der Waals surface area (Å²) in [5, 5.41) is 0.547. The van der Waals surface area contributed by atoms with Crippen molar-refractivity contribution in [3.63, 3.8) is 0 Å². The zero-order valence-electron chi connectivity index (χ0n) is 9.90. The minimum atomic E-state index is -0.233. The largest absolute Gasteiger partial charge is 0.495 e. The number of hydrogen-bond donors (Lipinski definition) is 0. The van der Waals surface area contributed by atoms with E-state index < -0.39 is 0 Å². The maximum absolute atomic E-state index is 11.1. The number of rotatable bonds is 5. The highest BCUT2D eigenvalue weighted by molar-refractivity contribution is 6.32. The van der Waals surface area contributed by atoms with Crippen LogP contribution in [0.1, 0.15) is 18.9 Å². The highest BCUT2D eigenvalue weighted by Crippen LogP contribution is 2.25. The molecule has 1 aromatic rings. The fourth-order valence-electron chi connectivity index (χ4n) is 1.30. The zero-order chi connectivity index (χ0) is 12.7. The van der Waals surface area contributed by atoms with Crippen LogP contribution in [0.5, 0.6) is 5.75 Å². The van der Waals surface area contributed by atoms with E-state index in [4.69, 9.17) is 21.1 Å². The molecule has 0 aliphatic rings. The molecule has 0 amide bonds. The molecule has 0 aliphatic heterocycles. The van der Waals surface area contributed by atoms with Gasteiger partial charge in [0.25, 0.3) is 0 Å². The molecule has 0 unspecified atom stereocenters. The van der Waals surface area contributed by atoms with Gasteiger partial charge in [-0.25, -0.2) is 0 Å². The summed E-state index contributed by atoms with van der Waals surface area (Å²) in [6, 6.07) is 5.43. The SMILES string of the molecule is CCOC(=O)CC=Cc1ccc(OC)c(Cl)c1. The molecular formula is C13H15ClO3. The molecule has 17 heavy (non-hydrogen) atoms. The summed E-state index contributed by atoms with van der Waals surface area (Å²) >= 11 is 5.97. The van der Waals surface area contributed by atoms with E-state index >= 15 is 0 Å². The second-order valence-corrected chi connectivity index (χ2v) is 3.71. The quantitative estimate of drug-likeness (QED) is 0.757. The first-order chi connectivity index (χ1) is 8.17. The smallest absolute Gasteiger partial charge is 0.309 e. The van der Waals surface area contributed by atoms with E-state index in [-0.39, 0.29) is 12.4 Å². The molecule has 0 aromatic heterocycles. The summed E-state index contributed by atoms with van der Waals surface area (Å²) in [6.07, 6.45) is 3.83. The third kappa shape index (κ3) is 4.49. The van der Waals surface area contributed by atoms with Gasteiger partial charge in [0.2, 0.25) is 0 Å². The van der Waals surface area contributed by atoms with Crippen LogP contribution in [0.3, 0.4) is 0 Å². The van der Waals surface area contributed by atoms with Gasteiger partial charge in [-0.05, 0) is 24.6 Å². The lowest BCUT2D eigenvalue weighted by molar-refractivity contribution is -0.142. The third-order valence-corrected chi connectivity index (χ3v) is 2.37. The molecule has 0 heterocycles. The van der Waals surface area contributed by atoms with E-state index in [0.29, 0.717) is 17.4 Å². The van der Waals surface area contributed by atoms with Crippen LogP contribution in [-0.2, 0) is 9.53 Å². The molecule has 0 saturated heterocycles. The second kappa shape index (κ2) is 6.97. The van der Waals surface area contributed by atoms with Gasteiger partial charge in [-0.1, -0.05) is 29.8 Å². The van der Waals surface area contributed by atoms with E-state index in [0.717, 1.165) is 5.56 Å². The van der Waals surface area contributed by atoms with Crippen molar-refractivity contribution in [3.05, 3.63) is 34.9 Å². The Kier molecular flexibility index (Phi) is 5.57. The van der Waals surface area contributed by atoms with Crippen molar-refractivity contribution >= 4 is 23.6 Å². The Morgan fingerprint density at radius 2 is 2.24 bits per heavy atom. The third-order valence-electron chi connectivity index (χ3n) is 2.08. The lowest BCUT2D eigenvalue weighted by Gasteiger charge is -2.03. The van der Waals surface area contributed by atoms with Crippen LogP contribution in [0.25, 0.3) is 6.08 Å². The van der Waals surface area contributed by atoms with Crippen LogP contribution < -0.4 is 4.74 Å². The van der Waals surface area contributed by atoms with Crippen molar-refractivity contribution in [2.75, 3.05) is 13.7 Å². The van der Waals surface area contributed by atoms with Gasteiger partial charge >= 0.3 is 5.97 Å². The first-order valence-electron chi connectivity index (χ1n) is 5.33. The van der Waals surface area contributed by atoms with Gasteiger partial charge in [-0.3, -0.25) is 4.79 Å². The number of ether oxygens (including phenoxy) is 2. The van der Waals surface area contributed by atoms with Crippen LogP contribution in [0.4, 0.5) is 0 Å². The summed E-state index contributed by atoms with van der Waals surface area (Å²) < 4.78 is 9.85. The maximum atomic E-state index is 11.1. The number of methoxy groups -OCH3 is 1. The average Bonchev–Trinajstić information content (AvgIpc) is 2.29. The molecule has 0 spiro atoms. The molecule has 92 valence electrons. The average molecular weight is 255 g/mol. The van der Waals surface area contributed by atoms with Crippen molar-refractivity contribution in [1.29, 1.82) is 0 Å². The summed E-state index contributed by atoms with van der Waals surface area (Å²) in [6.45, 7) is 2.19. The van der Waals surface area contributed by atoms with Crippen LogP contribution in [0.15, 0.2) is 24.3 Å². The summed E-state index contributed by atoms with van der Waals surface area (Å²) in [5.41, 5.74) is 0.917. The molecule has 0 aliphatic carbocycles. The molecule has 0 N–H and O–H groups in total. The zero-order valence-corrected chi connectivity index (χ0v) is 10.7.